The molecule has 1 aromatic carbocycles. The molecule has 4 unspecified atom stereocenters. The van der Waals surface area contributed by atoms with E-state index in [2.05, 4.69) is 29.6 Å². The van der Waals surface area contributed by atoms with Crippen LogP contribution in [0.1, 0.15) is 34.6 Å². The fraction of sp³-hybridized carbons (Fsp3) is 0.400. The van der Waals surface area contributed by atoms with Crippen LogP contribution in [0, 0.1) is 17.8 Å². The Morgan fingerprint density at radius 1 is 1.24 bits per heavy atom. The Balaban J connectivity index is 1.29. The molecule has 4 aliphatic rings. The molecule has 0 spiro atoms. The van der Waals surface area contributed by atoms with Crippen molar-refractivity contribution in [1.82, 2.24) is 9.97 Å². The second-order valence-electron chi connectivity index (χ2n) is 9.73. The molecule has 2 aromatic rings. The molecule has 3 aliphatic carbocycles. The first-order valence-electron chi connectivity index (χ1n) is 11.7. The summed E-state index contributed by atoms with van der Waals surface area (Å²) in [6.07, 6.45) is 12.6. The first-order chi connectivity index (χ1) is 16.3. The number of benzene rings is 1. The minimum Gasteiger partial charge on any atom is -0.369 e. The van der Waals surface area contributed by atoms with Crippen LogP contribution in [-0.2, 0) is 34.1 Å². The molecular weight excluding hydrogens is 450 g/mol. The van der Waals surface area contributed by atoms with Crippen molar-refractivity contribution in [2.45, 2.75) is 31.7 Å². The maximum absolute atomic E-state index is 12.2. The second-order valence-corrected chi connectivity index (χ2v) is 11.6. The van der Waals surface area contributed by atoms with Gasteiger partial charge in [0.2, 0.25) is 15.9 Å². The lowest BCUT2D eigenvalue weighted by Crippen LogP contribution is -2.41. The topological polar surface area (TPSA) is 118 Å². The van der Waals surface area contributed by atoms with Gasteiger partial charge in [0.15, 0.2) is 0 Å². The minimum absolute atomic E-state index is 0.0599. The van der Waals surface area contributed by atoms with E-state index < -0.39 is 10.0 Å². The average molecular weight is 478 g/mol. The van der Waals surface area contributed by atoms with Gasteiger partial charge >= 0.3 is 0 Å². The molecule has 1 aromatic heterocycles. The summed E-state index contributed by atoms with van der Waals surface area (Å²) in [5, 5.41) is 3.57. The Hall–Kier alpha value is -3.20. The van der Waals surface area contributed by atoms with Crippen molar-refractivity contribution >= 4 is 33.5 Å². The molecule has 0 saturated heterocycles. The van der Waals surface area contributed by atoms with Crippen molar-refractivity contribution in [3.05, 3.63) is 64.6 Å². The first-order valence-corrected chi connectivity index (χ1v) is 13.5. The van der Waals surface area contributed by atoms with Gasteiger partial charge in [-0.15, -0.1) is 0 Å². The number of nitrogens with one attached hydrogen (secondary N) is 1. The highest BCUT2D eigenvalue weighted by Crippen LogP contribution is 2.45. The number of carbonyl (C=O) groups excluding carboxylic acids is 1. The summed E-state index contributed by atoms with van der Waals surface area (Å²) < 4.78 is 25.5. The number of primary amides is 1. The molecule has 176 valence electrons. The summed E-state index contributed by atoms with van der Waals surface area (Å²) in [6, 6.07) is 5.84. The van der Waals surface area contributed by atoms with E-state index in [9.17, 15) is 13.2 Å². The number of carbonyl (C=O) groups is 1. The zero-order valence-electron chi connectivity index (χ0n) is 18.9. The van der Waals surface area contributed by atoms with Crippen molar-refractivity contribution in [1.29, 1.82) is 0 Å². The van der Waals surface area contributed by atoms with E-state index in [-0.39, 0.29) is 29.7 Å². The van der Waals surface area contributed by atoms with Crippen LogP contribution < -0.4 is 15.4 Å². The summed E-state index contributed by atoms with van der Waals surface area (Å²) >= 11 is 0. The van der Waals surface area contributed by atoms with E-state index in [4.69, 9.17) is 15.7 Å². The standard InChI is InChI=1S/C25H27N5O3S/c1-34(32,33)30-10-9-15-11-14(5-8-20(15)30)12-21-27-19-4-2-3-18(19)25(28-21)29-23-17-7-6-16(13-17)22(23)24(26)31/h2-3,5-8,11,16-17,22-23H,4,9-10,12-13H2,1H3,(H2,26,31)(H,27,28,29). The predicted molar refractivity (Wildman–Crippen MR) is 131 cm³/mol. The largest absolute Gasteiger partial charge is 0.369 e. The third-order valence-electron chi connectivity index (χ3n) is 7.52. The number of sulfonamides is 1. The normalized spacial score (nSPS) is 26.2. The van der Waals surface area contributed by atoms with Gasteiger partial charge in [0.05, 0.1) is 23.6 Å². The van der Waals surface area contributed by atoms with Crippen LogP contribution in [0.5, 0.6) is 0 Å². The number of nitrogens with zero attached hydrogens (tertiary/aromatic N) is 3. The molecule has 1 saturated carbocycles. The molecule has 2 heterocycles. The van der Waals surface area contributed by atoms with Crippen LogP contribution >= 0.6 is 0 Å². The van der Waals surface area contributed by atoms with Gasteiger partial charge in [0.1, 0.15) is 11.6 Å². The van der Waals surface area contributed by atoms with Gasteiger partial charge in [-0.3, -0.25) is 9.10 Å². The highest BCUT2D eigenvalue weighted by atomic mass is 32.2. The molecule has 8 nitrogen and oxygen atoms in total. The maximum Gasteiger partial charge on any atom is 0.232 e. The molecular formula is C25H27N5O3S. The lowest BCUT2D eigenvalue weighted by atomic mass is 9.88. The number of fused-ring (bicyclic) bond motifs is 4. The number of aromatic nitrogens is 2. The van der Waals surface area contributed by atoms with E-state index in [0.717, 1.165) is 46.7 Å². The summed E-state index contributed by atoms with van der Waals surface area (Å²) in [5.41, 5.74) is 10.5. The number of allylic oxidation sites excluding steroid dienone is 2. The highest BCUT2D eigenvalue weighted by Gasteiger charge is 2.47. The fourth-order valence-corrected chi connectivity index (χ4v) is 6.96. The lowest BCUT2D eigenvalue weighted by molar-refractivity contribution is -0.122. The number of amides is 1. The predicted octanol–water partition coefficient (Wildman–Crippen LogP) is 2.05. The lowest BCUT2D eigenvalue weighted by Gasteiger charge is -2.28. The third kappa shape index (κ3) is 3.50. The number of anilines is 2. The number of hydrogen-bond acceptors (Lipinski definition) is 6. The number of nitrogens with two attached hydrogens (primary N) is 1. The van der Waals surface area contributed by atoms with Gasteiger partial charge < -0.3 is 11.1 Å². The molecule has 1 fully saturated rings. The number of hydrogen-bond donors (Lipinski definition) is 2. The van der Waals surface area contributed by atoms with Crippen molar-refractivity contribution in [2.24, 2.45) is 23.5 Å². The molecule has 2 bridgehead atoms. The van der Waals surface area contributed by atoms with Crippen molar-refractivity contribution < 1.29 is 13.2 Å². The average Bonchev–Trinajstić information content (AvgIpc) is 3.55. The van der Waals surface area contributed by atoms with Crippen LogP contribution in [0.25, 0.3) is 6.08 Å². The maximum atomic E-state index is 12.2. The molecule has 1 aliphatic heterocycles. The van der Waals surface area contributed by atoms with E-state index >= 15 is 0 Å². The zero-order valence-corrected chi connectivity index (χ0v) is 19.8. The van der Waals surface area contributed by atoms with E-state index in [1.54, 1.807) is 0 Å². The van der Waals surface area contributed by atoms with Gasteiger partial charge in [0, 0.05) is 31.0 Å². The number of rotatable bonds is 6. The van der Waals surface area contributed by atoms with Gasteiger partial charge in [-0.2, -0.15) is 0 Å². The summed E-state index contributed by atoms with van der Waals surface area (Å²) in [6.45, 7) is 0.478. The molecule has 9 heteroatoms. The molecule has 0 radical (unpaired) electrons. The summed E-state index contributed by atoms with van der Waals surface area (Å²) in [4.78, 5) is 21.9. The first kappa shape index (κ1) is 21.3. The second kappa shape index (κ2) is 7.66. The van der Waals surface area contributed by atoms with E-state index in [1.807, 2.05) is 18.2 Å². The monoisotopic (exact) mass is 477 g/mol. The Bertz CT molecular complexity index is 1370. The minimum atomic E-state index is -3.27. The van der Waals surface area contributed by atoms with Crippen molar-refractivity contribution in [3.8, 4) is 0 Å². The van der Waals surface area contributed by atoms with Crippen LogP contribution in [-0.4, -0.2) is 43.1 Å². The van der Waals surface area contributed by atoms with Crippen molar-refractivity contribution in [2.75, 3.05) is 22.4 Å². The van der Waals surface area contributed by atoms with E-state index in [1.165, 1.54) is 10.6 Å². The Labute approximate surface area is 199 Å². The van der Waals surface area contributed by atoms with Gasteiger partial charge in [-0.1, -0.05) is 36.4 Å². The Morgan fingerprint density at radius 2 is 2.06 bits per heavy atom. The van der Waals surface area contributed by atoms with Gasteiger partial charge in [-0.25, -0.2) is 18.4 Å². The summed E-state index contributed by atoms with van der Waals surface area (Å²) in [7, 11) is -3.27. The third-order valence-corrected chi connectivity index (χ3v) is 8.70. The van der Waals surface area contributed by atoms with Gasteiger partial charge in [0.25, 0.3) is 0 Å². The summed E-state index contributed by atoms with van der Waals surface area (Å²) in [5.74, 6) is 1.44. The van der Waals surface area contributed by atoms with E-state index in [0.29, 0.717) is 25.2 Å². The Morgan fingerprint density at radius 3 is 2.85 bits per heavy atom. The molecule has 34 heavy (non-hydrogen) atoms. The van der Waals surface area contributed by atoms with Crippen LogP contribution in [0.15, 0.2) is 36.4 Å². The fourth-order valence-electron chi connectivity index (χ4n) is 6.00. The van der Waals surface area contributed by atoms with Crippen LogP contribution in [0.3, 0.4) is 0 Å². The molecule has 4 atom stereocenters. The molecule has 1 amide bonds. The molecule has 3 N–H and O–H groups in total. The van der Waals surface area contributed by atoms with Gasteiger partial charge in [-0.05, 0) is 41.9 Å². The van der Waals surface area contributed by atoms with Crippen LogP contribution in [0.4, 0.5) is 11.5 Å². The highest BCUT2D eigenvalue weighted by molar-refractivity contribution is 7.92. The Kier molecular flexibility index (Phi) is 4.81. The van der Waals surface area contributed by atoms with Crippen molar-refractivity contribution in [3.63, 3.8) is 0 Å². The zero-order chi connectivity index (χ0) is 23.6. The van der Waals surface area contributed by atoms with Crippen LogP contribution in [0.2, 0.25) is 0 Å². The molecule has 6 rings (SSSR count). The quantitative estimate of drug-likeness (QED) is 0.615. The smallest absolute Gasteiger partial charge is 0.232 e. The SMILES string of the molecule is CS(=O)(=O)N1CCc2cc(Cc3nc4c(c(NC5C6C=CC(C6)C5C(N)=O)n3)C=CC4)ccc21.